The molecule has 0 aliphatic heterocycles. The highest BCUT2D eigenvalue weighted by molar-refractivity contribution is 6.19. The zero-order valence-corrected chi connectivity index (χ0v) is 18.1. The molecule has 0 heterocycles. The second-order valence-electron chi connectivity index (χ2n) is 6.62. The molecule has 0 atom stereocenters. The Morgan fingerprint density at radius 2 is 0.939 bits per heavy atom. The summed E-state index contributed by atoms with van der Waals surface area (Å²) in [6.45, 7) is 0. The topological polar surface area (TPSA) is 52.6 Å². The van der Waals surface area contributed by atoms with Crippen molar-refractivity contribution in [2.45, 2.75) is 30.6 Å². The molecule has 0 bridgehead atoms. The molecule has 2 aromatic carbocycles. The van der Waals surface area contributed by atoms with Gasteiger partial charge in [0.2, 0.25) is 5.41 Å². The molecule has 0 N–H and O–H groups in total. The van der Waals surface area contributed by atoms with Crippen molar-refractivity contribution in [3.8, 4) is 11.5 Å². The summed E-state index contributed by atoms with van der Waals surface area (Å²) < 4.78 is 94.5. The van der Waals surface area contributed by atoms with Crippen molar-refractivity contribution in [3.05, 3.63) is 59.7 Å². The number of hydrogen-bond acceptors (Lipinski definition) is 4. The van der Waals surface area contributed by atoms with Crippen molar-refractivity contribution in [3.63, 3.8) is 0 Å². The van der Waals surface area contributed by atoms with E-state index in [-0.39, 0.29) is 36.1 Å². The Labute approximate surface area is 194 Å². The van der Waals surface area contributed by atoms with Gasteiger partial charge in [-0.1, -0.05) is 24.3 Å². The molecule has 0 amide bonds. The Balaban J connectivity index is 2.55. The summed E-state index contributed by atoms with van der Waals surface area (Å²) in [5.41, 5.74) is -6.70. The van der Waals surface area contributed by atoms with E-state index in [2.05, 4.69) is 0 Å². The van der Waals surface area contributed by atoms with E-state index >= 15 is 0 Å². The molecule has 0 aliphatic rings. The van der Waals surface area contributed by atoms with E-state index in [0.29, 0.717) is 24.3 Å². The minimum Gasteiger partial charge on any atom is -0.426 e. The van der Waals surface area contributed by atoms with Gasteiger partial charge in [-0.05, 0) is 35.4 Å². The van der Waals surface area contributed by atoms with Crippen molar-refractivity contribution in [1.82, 2.24) is 0 Å². The van der Waals surface area contributed by atoms with Gasteiger partial charge in [-0.25, -0.2) is 0 Å². The van der Waals surface area contributed by atoms with E-state index in [0.717, 1.165) is 24.3 Å². The fourth-order valence-electron chi connectivity index (χ4n) is 3.05. The first kappa shape index (κ1) is 26.8. The predicted octanol–water partition coefficient (Wildman–Crippen LogP) is 6.17. The molecule has 0 radical (unpaired) electrons. The summed E-state index contributed by atoms with van der Waals surface area (Å²) in [5, 5.41) is 0. The molecule has 4 nitrogen and oxygen atoms in total. The predicted molar refractivity (Wildman–Crippen MR) is 108 cm³/mol. The Hall–Kier alpha value is -2.46. The number of hydrogen-bond donors (Lipinski definition) is 0. The molecule has 0 spiro atoms. The molecule has 0 unspecified atom stereocenters. The molecular weight excluding hydrogens is 501 g/mol. The lowest BCUT2D eigenvalue weighted by Crippen LogP contribution is -2.54. The number of benzene rings is 2. The van der Waals surface area contributed by atoms with Crippen LogP contribution in [0.1, 0.15) is 24.0 Å². The maximum atomic E-state index is 14.1. The molecule has 0 saturated carbocycles. The van der Waals surface area contributed by atoms with Crippen LogP contribution in [0.15, 0.2) is 48.5 Å². The maximum Gasteiger partial charge on any atom is 0.411 e. The molecule has 0 aromatic heterocycles. The summed E-state index contributed by atoms with van der Waals surface area (Å²) in [7, 11) is 0. The highest BCUT2D eigenvalue weighted by Gasteiger charge is 2.72. The summed E-state index contributed by atoms with van der Waals surface area (Å²) in [6, 6.07) is 5.65. The Kier molecular flexibility index (Phi) is 8.64. The second-order valence-corrected chi connectivity index (χ2v) is 7.38. The molecule has 12 heteroatoms. The smallest absolute Gasteiger partial charge is 0.411 e. The van der Waals surface area contributed by atoms with Gasteiger partial charge in [0, 0.05) is 11.8 Å². The SMILES string of the molecule is O=C(CCCl)Oc1ccc(C(c2ccc(OC(=O)CCCl)cc2)(C(F)(F)F)C(F)(F)F)cc1. The van der Waals surface area contributed by atoms with Gasteiger partial charge in [0.25, 0.3) is 0 Å². The largest absolute Gasteiger partial charge is 0.426 e. The number of ether oxygens (including phenoxy) is 2. The fraction of sp³-hybridized carbons (Fsp3) is 0.333. The van der Waals surface area contributed by atoms with Gasteiger partial charge >= 0.3 is 24.3 Å². The molecule has 180 valence electrons. The van der Waals surface area contributed by atoms with E-state index in [4.69, 9.17) is 32.7 Å². The Bertz CT molecular complexity index is 877. The highest BCUT2D eigenvalue weighted by atomic mass is 35.5. The monoisotopic (exact) mass is 516 g/mol. The van der Waals surface area contributed by atoms with Crippen LogP contribution in [0, 0.1) is 0 Å². The minimum atomic E-state index is -5.81. The van der Waals surface area contributed by atoms with Crippen LogP contribution in [0.3, 0.4) is 0 Å². The summed E-state index contributed by atoms with van der Waals surface area (Å²) >= 11 is 10.8. The first-order valence-electron chi connectivity index (χ1n) is 9.24. The van der Waals surface area contributed by atoms with Gasteiger partial charge < -0.3 is 9.47 Å². The molecular formula is C21H16Cl2F6O4. The normalized spacial score (nSPS) is 12.4. The molecule has 0 fully saturated rings. The highest BCUT2D eigenvalue weighted by Crippen LogP contribution is 2.56. The summed E-state index contributed by atoms with van der Waals surface area (Å²) in [4.78, 5) is 22.9. The maximum absolute atomic E-state index is 14.1. The van der Waals surface area contributed by atoms with Crippen molar-refractivity contribution < 1.29 is 45.4 Å². The van der Waals surface area contributed by atoms with Crippen molar-refractivity contribution >= 4 is 35.1 Å². The molecule has 0 saturated heterocycles. The van der Waals surface area contributed by atoms with Gasteiger partial charge in [0.1, 0.15) is 11.5 Å². The molecule has 2 rings (SSSR count). The van der Waals surface area contributed by atoms with E-state index < -0.39 is 40.8 Å². The van der Waals surface area contributed by atoms with Crippen LogP contribution in [0.2, 0.25) is 0 Å². The van der Waals surface area contributed by atoms with Crippen molar-refractivity contribution in [1.29, 1.82) is 0 Å². The number of esters is 2. The van der Waals surface area contributed by atoms with E-state index in [1.165, 1.54) is 0 Å². The van der Waals surface area contributed by atoms with Crippen LogP contribution in [-0.2, 0) is 15.0 Å². The number of rotatable bonds is 8. The molecule has 33 heavy (non-hydrogen) atoms. The lowest BCUT2D eigenvalue weighted by molar-refractivity contribution is -0.288. The Morgan fingerprint density at radius 1 is 0.636 bits per heavy atom. The first-order chi connectivity index (χ1) is 15.4. The van der Waals surface area contributed by atoms with Gasteiger partial charge in [-0.15, -0.1) is 23.2 Å². The van der Waals surface area contributed by atoms with Gasteiger partial charge in [0.15, 0.2) is 0 Å². The quantitative estimate of drug-likeness (QED) is 0.182. The van der Waals surface area contributed by atoms with Crippen LogP contribution in [-0.4, -0.2) is 36.1 Å². The van der Waals surface area contributed by atoms with Crippen molar-refractivity contribution in [2.75, 3.05) is 11.8 Å². The van der Waals surface area contributed by atoms with Crippen LogP contribution >= 0.6 is 23.2 Å². The van der Waals surface area contributed by atoms with E-state index in [1.807, 2.05) is 0 Å². The van der Waals surface area contributed by atoms with Gasteiger partial charge in [-0.3, -0.25) is 9.59 Å². The standard InChI is InChI=1S/C21H16Cl2F6O4/c22-11-9-17(30)32-15-5-1-13(2-6-15)19(20(24,25)26,21(27,28)29)14-3-7-16(8-4-14)33-18(31)10-12-23/h1-8H,9-12H2. The van der Waals surface area contributed by atoms with E-state index in [1.54, 1.807) is 0 Å². The van der Waals surface area contributed by atoms with Crippen molar-refractivity contribution in [2.24, 2.45) is 0 Å². The van der Waals surface area contributed by atoms with E-state index in [9.17, 15) is 35.9 Å². The van der Waals surface area contributed by atoms with Gasteiger partial charge in [-0.2, -0.15) is 26.3 Å². The van der Waals surface area contributed by atoms with Gasteiger partial charge in [0.05, 0.1) is 12.8 Å². The molecule has 0 aliphatic carbocycles. The van der Waals surface area contributed by atoms with Crippen LogP contribution < -0.4 is 9.47 Å². The third kappa shape index (κ3) is 5.92. The fourth-order valence-corrected chi connectivity index (χ4v) is 3.36. The third-order valence-corrected chi connectivity index (χ3v) is 4.86. The Morgan fingerprint density at radius 3 is 1.18 bits per heavy atom. The summed E-state index contributed by atoms with van der Waals surface area (Å²) in [5.74, 6) is -2.22. The molecule has 2 aromatic rings. The average molecular weight is 517 g/mol. The average Bonchev–Trinajstić information content (AvgIpc) is 2.69. The van der Waals surface area contributed by atoms with Crippen LogP contribution in [0.5, 0.6) is 11.5 Å². The number of alkyl halides is 8. The van der Waals surface area contributed by atoms with Crippen LogP contribution in [0.25, 0.3) is 0 Å². The second kappa shape index (κ2) is 10.6. The zero-order valence-electron chi connectivity index (χ0n) is 16.6. The lowest BCUT2D eigenvalue weighted by atomic mass is 9.73. The van der Waals surface area contributed by atoms with Crippen LogP contribution in [0.4, 0.5) is 26.3 Å². The minimum absolute atomic E-state index is 0.0701. The summed E-state index contributed by atoms with van der Waals surface area (Å²) in [6.07, 6.45) is -12.0. The number of carbonyl (C=O) groups is 2. The number of carbonyl (C=O) groups excluding carboxylic acids is 2. The lowest BCUT2D eigenvalue weighted by Gasteiger charge is -2.38. The number of halogens is 8. The zero-order chi connectivity index (χ0) is 24.9. The third-order valence-electron chi connectivity index (χ3n) is 4.49. The first-order valence-corrected chi connectivity index (χ1v) is 10.3.